The zero-order valence-electron chi connectivity index (χ0n) is 11.9. The molecule has 1 aromatic rings. The number of hydrogen-bond donors (Lipinski definition) is 5. The molecule has 6 N–H and O–H groups in total. The highest BCUT2D eigenvalue weighted by Crippen LogP contribution is 2.43. The van der Waals surface area contributed by atoms with Crippen LogP contribution in [0.4, 0.5) is 5.69 Å². The number of allylic oxidation sites excluding steroid dienone is 1. The second-order valence-electron chi connectivity index (χ2n) is 5.99. The standard InChI is InChI=1S/C16H23NO4/c1-2-11-9-15(18,19)14(16(20,21)10-11)8-5-12-3-6-13(17)7-4-12/h2-4,6-7,11,14,18-21H,1,5,8-10,17H2. The minimum atomic E-state index is -2.12. The number of anilines is 1. The Bertz CT molecular complexity index is 478. The highest BCUT2D eigenvalue weighted by Gasteiger charge is 2.53. The molecule has 0 radical (unpaired) electrons. The van der Waals surface area contributed by atoms with Crippen molar-refractivity contribution in [3.8, 4) is 0 Å². The summed E-state index contributed by atoms with van der Waals surface area (Å²) in [6.07, 6.45) is 2.42. The fourth-order valence-electron chi connectivity index (χ4n) is 3.12. The molecule has 0 spiro atoms. The first-order valence-electron chi connectivity index (χ1n) is 7.11. The van der Waals surface area contributed by atoms with Crippen LogP contribution in [0.25, 0.3) is 0 Å². The molecule has 5 heteroatoms. The second kappa shape index (κ2) is 5.77. The Morgan fingerprint density at radius 3 is 2.10 bits per heavy atom. The van der Waals surface area contributed by atoms with Gasteiger partial charge >= 0.3 is 0 Å². The van der Waals surface area contributed by atoms with Crippen LogP contribution in [0.15, 0.2) is 36.9 Å². The molecule has 0 aromatic heterocycles. The Morgan fingerprint density at radius 1 is 1.10 bits per heavy atom. The summed E-state index contributed by atoms with van der Waals surface area (Å²) in [4.78, 5) is 0. The zero-order chi connectivity index (χ0) is 15.7. The predicted octanol–water partition coefficient (Wildman–Crippen LogP) is 0.775. The molecule has 116 valence electrons. The van der Waals surface area contributed by atoms with Gasteiger partial charge in [0.15, 0.2) is 11.6 Å². The van der Waals surface area contributed by atoms with Crippen molar-refractivity contribution >= 4 is 5.69 Å². The average molecular weight is 293 g/mol. The van der Waals surface area contributed by atoms with E-state index >= 15 is 0 Å². The molecule has 0 saturated heterocycles. The highest BCUT2D eigenvalue weighted by atomic mass is 16.5. The maximum atomic E-state index is 10.2. The largest absolute Gasteiger partial charge is 0.399 e. The van der Waals surface area contributed by atoms with Crippen molar-refractivity contribution in [1.82, 2.24) is 0 Å². The zero-order valence-corrected chi connectivity index (χ0v) is 11.9. The van der Waals surface area contributed by atoms with Gasteiger partial charge in [0.1, 0.15) is 0 Å². The van der Waals surface area contributed by atoms with Crippen molar-refractivity contribution in [2.75, 3.05) is 5.73 Å². The summed E-state index contributed by atoms with van der Waals surface area (Å²) < 4.78 is 0. The average Bonchev–Trinajstić information content (AvgIpc) is 2.38. The van der Waals surface area contributed by atoms with Crippen molar-refractivity contribution < 1.29 is 20.4 Å². The number of benzene rings is 1. The van der Waals surface area contributed by atoms with Crippen LogP contribution >= 0.6 is 0 Å². The lowest BCUT2D eigenvalue weighted by atomic mass is 9.71. The van der Waals surface area contributed by atoms with Gasteiger partial charge in [-0.25, -0.2) is 0 Å². The Labute approximate surface area is 124 Å². The van der Waals surface area contributed by atoms with Crippen molar-refractivity contribution in [1.29, 1.82) is 0 Å². The van der Waals surface area contributed by atoms with E-state index in [2.05, 4.69) is 6.58 Å². The summed E-state index contributed by atoms with van der Waals surface area (Å²) in [5.74, 6) is -5.59. The summed E-state index contributed by atoms with van der Waals surface area (Å²) in [6.45, 7) is 3.59. The Hall–Kier alpha value is -1.40. The first-order valence-corrected chi connectivity index (χ1v) is 7.11. The van der Waals surface area contributed by atoms with Gasteiger partial charge < -0.3 is 26.2 Å². The molecule has 2 rings (SSSR count). The van der Waals surface area contributed by atoms with Gasteiger partial charge in [-0.3, -0.25) is 0 Å². The molecule has 1 saturated carbocycles. The van der Waals surface area contributed by atoms with E-state index in [0.29, 0.717) is 12.1 Å². The van der Waals surface area contributed by atoms with Crippen molar-refractivity contribution in [2.45, 2.75) is 37.3 Å². The van der Waals surface area contributed by atoms with Gasteiger partial charge in [0.25, 0.3) is 0 Å². The third-order valence-electron chi connectivity index (χ3n) is 4.28. The Balaban J connectivity index is 2.09. The monoisotopic (exact) mass is 293 g/mol. The quantitative estimate of drug-likeness (QED) is 0.320. The number of nitrogens with two attached hydrogens (primary N) is 1. The second-order valence-corrected chi connectivity index (χ2v) is 5.99. The molecule has 1 aliphatic rings. The van der Waals surface area contributed by atoms with Crippen molar-refractivity contribution in [2.24, 2.45) is 11.8 Å². The lowest BCUT2D eigenvalue weighted by Crippen LogP contribution is -2.57. The smallest absolute Gasteiger partial charge is 0.171 e. The van der Waals surface area contributed by atoms with E-state index in [1.165, 1.54) is 6.08 Å². The molecule has 1 aromatic carbocycles. The maximum absolute atomic E-state index is 10.2. The predicted molar refractivity (Wildman–Crippen MR) is 79.9 cm³/mol. The molecule has 0 aliphatic heterocycles. The minimum Gasteiger partial charge on any atom is -0.399 e. The topological polar surface area (TPSA) is 107 Å². The third kappa shape index (κ3) is 3.63. The third-order valence-corrected chi connectivity index (χ3v) is 4.28. The normalized spacial score (nSPS) is 27.2. The summed E-state index contributed by atoms with van der Waals surface area (Å²) in [5.41, 5.74) is 7.23. The summed E-state index contributed by atoms with van der Waals surface area (Å²) in [5, 5.41) is 40.6. The molecule has 5 nitrogen and oxygen atoms in total. The van der Waals surface area contributed by atoms with Crippen LogP contribution < -0.4 is 5.73 Å². The minimum absolute atomic E-state index is 0.0613. The number of aryl methyl sites for hydroxylation is 1. The van der Waals surface area contributed by atoms with Crippen LogP contribution in [0, 0.1) is 11.8 Å². The number of nitrogen functional groups attached to an aromatic ring is 1. The molecule has 0 unspecified atom stereocenters. The SMILES string of the molecule is C=CC1CC(O)(O)C(CCc2ccc(N)cc2)C(O)(O)C1. The van der Waals surface area contributed by atoms with Crippen molar-refractivity contribution in [3.05, 3.63) is 42.5 Å². The first-order chi connectivity index (χ1) is 9.74. The van der Waals surface area contributed by atoms with Crippen LogP contribution in [-0.4, -0.2) is 32.0 Å². The maximum Gasteiger partial charge on any atom is 0.171 e. The van der Waals surface area contributed by atoms with E-state index in [1.807, 2.05) is 12.1 Å². The number of rotatable bonds is 4. The molecule has 1 aliphatic carbocycles. The van der Waals surface area contributed by atoms with E-state index in [9.17, 15) is 20.4 Å². The molecular weight excluding hydrogens is 270 g/mol. The van der Waals surface area contributed by atoms with Crippen LogP contribution in [-0.2, 0) is 6.42 Å². The van der Waals surface area contributed by atoms with Gasteiger partial charge in [-0.15, -0.1) is 6.58 Å². The molecule has 0 atom stereocenters. The van der Waals surface area contributed by atoms with Crippen molar-refractivity contribution in [3.63, 3.8) is 0 Å². The molecular formula is C16H23NO4. The van der Waals surface area contributed by atoms with Gasteiger partial charge in [-0.1, -0.05) is 18.2 Å². The molecule has 0 bridgehead atoms. The molecule has 21 heavy (non-hydrogen) atoms. The van der Waals surface area contributed by atoms with Gasteiger partial charge in [0.2, 0.25) is 0 Å². The molecule has 0 heterocycles. The van der Waals surface area contributed by atoms with E-state index < -0.39 is 17.5 Å². The summed E-state index contributed by atoms with van der Waals surface area (Å²) in [7, 11) is 0. The van der Waals surface area contributed by atoms with Crippen LogP contribution in [0.3, 0.4) is 0 Å². The van der Waals surface area contributed by atoms with Gasteiger partial charge in [0, 0.05) is 18.5 Å². The summed E-state index contributed by atoms with van der Waals surface area (Å²) in [6, 6.07) is 7.22. The van der Waals surface area contributed by atoms with E-state index in [0.717, 1.165) is 5.56 Å². The van der Waals surface area contributed by atoms with Gasteiger partial charge in [-0.05, 0) is 36.5 Å². The lowest BCUT2D eigenvalue weighted by molar-refractivity contribution is -0.332. The van der Waals surface area contributed by atoms with E-state index in [1.54, 1.807) is 12.1 Å². The molecule has 0 amide bonds. The van der Waals surface area contributed by atoms with Crippen LogP contribution in [0.1, 0.15) is 24.8 Å². The van der Waals surface area contributed by atoms with E-state index in [4.69, 9.17) is 5.73 Å². The summed E-state index contributed by atoms with van der Waals surface area (Å²) >= 11 is 0. The Morgan fingerprint density at radius 2 is 1.62 bits per heavy atom. The lowest BCUT2D eigenvalue weighted by Gasteiger charge is -2.46. The van der Waals surface area contributed by atoms with Crippen LogP contribution in [0.2, 0.25) is 0 Å². The highest BCUT2D eigenvalue weighted by molar-refractivity contribution is 5.39. The van der Waals surface area contributed by atoms with Crippen LogP contribution in [0.5, 0.6) is 0 Å². The number of aliphatic hydroxyl groups is 4. The number of hydrogen-bond acceptors (Lipinski definition) is 5. The molecule has 1 fully saturated rings. The first kappa shape index (κ1) is 16.0. The van der Waals surface area contributed by atoms with Gasteiger partial charge in [-0.2, -0.15) is 0 Å². The van der Waals surface area contributed by atoms with Gasteiger partial charge in [0.05, 0.1) is 5.92 Å². The Kier molecular flexibility index (Phi) is 4.39. The fraction of sp³-hybridized carbons (Fsp3) is 0.500. The fourth-order valence-corrected chi connectivity index (χ4v) is 3.12. The van der Waals surface area contributed by atoms with E-state index in [-0.39, 0.29) is 25.2 Å².